The first-order chi connectivity index (χ1) is 13.3. The fourth-order valence-electron chi connectivity index (χ4n) is 3.39. The second-order valence-corrected chi connectivity index (χ2v) is 9.77. The topological polar surface area (TPSA) is 66.5 Å². The van der Waals surface area contributed by atoms with Crippen molar-refractivity contribution in [1.82, 2.24) is 10.2 Å². The largest absolute Gasteiger partial charge is 0.348 e. The highest BCUT2D eigenvalue weighted by molar-refractivity contribution is 7.90. The quantitative estimate of drug-likeness (QED) is 0.808. The zero-order valence-electron chi connectivity index (χ0n) is 16.5. The van der Waals surface area contributed by atoms with Crippen molar-refractivity contribution >= 4 is 15.7 Å². The van der Waals surface area contributed by atoms with E-state index in [2.05, 4.69) is 29.3 Å². The average molecular weight is 401 g/mol. The number of carbonyl (C=O) groups excluding carboxylic acids is 1. The first-order valence-corrected chi connectivity index (χ1v) is 11.6. The lowest BCUT2D eigenvalue weighted by molar-refractivity contribution is 0.0950. The van der Waals surface area contributed by atoms with Crippen molar-refractivity contribution in [2.75, 3.05) is 19.3 Å². The minimum Gasteiger partial charge on any atom is -0.348 e. The van der Waals surface area contributed by atoms with Crippen LogP contribution < -0.4 is 5.32 Å². The molecule has 3 rings (SSSR count). The van der Waals surface area contributed by atoms with Gasteiger partial charge in [0, 0.05) is 24.9 Å². The number of hydrogen-bond donors (Lipinski definition) is 1. The number of amides is 1. The molecule has 5 nitrogen and oxygen atoms in total. The SMILES string of the molecule is CC1CCN(Cc2ccc(CNC(=O)c3cccc(S(C)(=O)=O)c3)cc2)CC1. The molecule has 0 aliphatic carbocycles. The standard InChI is InChI=1S/C22H28N2O3S/c1-17-10-12-24(13-11-17)16-19-8-6-18(7-9-19)15-23-22(25)20-4-3-5-21(14-20)28(2,26)27/h3-9,14,17H,10-13,15-16H2,1-2H3,(H,23,25). The fraction of sp³-hybridized carbons (Fsp3) is 0.409. The van der Waals surface area contributed by atoms with Gasteiger partial charge in [0.2, 0.25) is 0 Å². The van der Waals surface area contributed by atoms with E-state index in [1.807, 2.05) is 12.1 Å². The molecule has 2 aromatic rings. The van der Waals surface area contributed by atoms with Crippen LogP contribution in [0.1, 0.15) is 41.3 Å². The lowest BCUT2D eigenvalue weighted by atomic mass is 9.99. The lowest BCUT2D eigenvalue weighted by Gasteiger charge is -2.30. The van der Waals surface area contributed by atoms with Crippen LogP contribution in [0.4, 0.5) is 0 Å². The van der Waals surface area contributed by atoms with E-state index in [9.17, 15) is 13.2 Å². The molecule has 1 heterocycles. The molecule has 1 saturated heterocycles. The molecule has 0 bridgehead atoms. The number of nitrogens with zero attached hydrogens (tertiary/aromatic N) is 1. The summed E-state index contributed by atoms with van der Waals surface area (Å²) in [6.07, 6.45) is 3.67. The smallest absolute Gasteiger partial charge is 0.251 e. The molecule has 1 aliphatic rings. The predicted octanol–water partition coefficient (Wildman–Crippen LogP) is 3.25. The maximum absolute atomic E-state index is 12.3. The summed E-state index contributed by atoms with van der Waals surface area (Å²) >= 11 is 0. The predicted molar refractivity (Wildman–Crippen MR) is 111 cm³/mol. The fourth-order valence-corrected chi connectivity index (χ4v) is 4.06. The molecule has 1 N–H and O–H groups in total. The number of benzene rings is 2. The molecular weight excluding hydrogens is 372 g/mol. The van der Waals surface area contributed by atoms with Gasteiger partial charge in [0.15, 0.2) is 9.84 Å². The van der Waals surface area contributed by atoms with Gasteiger partial charge in [-0.25, -0.2) is 8.42 Å². The molecule has 150 valence electrons. The summed E-state index contributed by atoms with van der Waals surface area (Å²) in [5.41, 5.74) is 2.65. The monoisotopic (exact) mass is 400 g/mol. The van der Waals surface area contributed by atoms with Crippen molar-refractivity contribution in [3.05, 3.63) is 65.2 Å². The van der Waals surface area contributed by atoms with Crippen molar-refractivity contribution in [2.24, 2.45) is 5.92 Å². The Kier molecular flexibility index (Phi) is 6.52. The number of hydrogen-bond acceptors (Lipinski definition) is 4. The third-order valence-electron chi connectivity index (χ3n) is 5.28. The van der Waals surface area contributed by atoms with Crippen molar-refractivity contribution in [3.8, 4) is 0 Å². The Labute approximate surface area is 167 Å². The highest BCUT2D eigenvalue weighted by atomic mass is 32.2. The summed E-state index contributed by atoms with van der Waals surface area (Å²) in [5.74, 6) is 0.553. The Balaban J connectivity index is 1.54. The molecule has 0 unspecified atom stereocenters. The summed E-state index contributed by atoms with van der Waals surface area (Å²) in [4.78, 5) is 15.0. The molecule has 0 atom stereocenters. The van der Waals surface area contributed by atoms with Gasteiger partial charge in [-0.1, -0.05) is 37.3 Å². The van der Waals surface area contributed by atoms with Gasteiger partial charge in [-0.2, -0.15) is 0 Å². The summed E-state index contributed by atoms with van der Waals surface area (Å²) in [6, 6.07) is 14.4. The van der Waals surface area contributed by atoms with Crippen molar-refractivity contribution < 1.29 is 13.2 Å². The Morgan fingerprint density at radius 2 is 1.71 bits per heavy atom. The summed E-state index contributed by atoms with van der Waals surface area (Å²) in [5, 5.41) is 2.86. The van der Waals surface area contributed by atoms with Crippen LogP contribution in [0.3, 0.4) is 0 Å². The van der Waals surface area contributed by atoms with E-state index in [1.54, 1.807) is 12.1 Å². The van der Waals surface area contributed by atoms with Gasteiger partial charge >= 0.3 is 0 Å². The number of rotatable bonds is 6. The van der Waals surface area contributed by atoms with Gasteiger partial charge in [-0.3, -0.25) is 9.69 Å². The Bertz CT molecular complexity index is 915. The normalized spacial score (nSPS) is 16.1. The van der Waals surface area contributed by atoms with Gasteiger partial charge in [-0.15, -0.1) is 0 Å². The minimum atomic E-state index is -3.33. The van der Waals surface area contributed by atoms with Crippen molar-refractivity contribution in [1.29, 1.82) is 0 Å². The Morgan fingerprint density at radius 3 is 2.36 bits per heavy atom. The van der Waals surface area contributed by atoms with Crippen LogP contribution in [0, 0.1) is 5.92 Å². The first kappa shape index (κ1) is 20.6. The molecule has 1 fully saturated rings. The maximum atomic E-state index is 12.3. The molecule has 1 amide bonds. The molecule has 2 aromatic carbocycles. The lowest BCUT2D eigenvalue weighted by Crippen LogP contribution is -2.32. The van der Waals surface area contributed by atoms with Crippen LogP contribution in [0.5, 0.6) is 0 Å². The van der Waals surface area contributed by atoms with Gasteiger partial charge in [0.1, 0.15) is 0 Å². The van der Waals surface area contributed by atoms with Crippen molar-refractivity contribution in [2.45, 2.75) is 37.8 Å². The van der Waals surface area contributed by atoms with Crippen LogP contribution in [0.2, 0.25) is 0 Å². The zero-order valence-corrected chi connectivity index (χ0v) is 17.3. The number of likely N-dealkylation sites (tertiary alicyclic amines) is 1. The maximum Gasteiger partial charge on any atom is 0.251 e. The second kappa shape index (κ2) is 8.88. The number of carbonyl (C=O) groups is 1. The second-order valence-electron chi connectivity index (χ2n) is 7.76. The molecule has 0 radical (unpaired) electrons. The highest BCUT2D eigenvalue weighted by Gasteiger charge is 2.15. The van der Waals surface area contributed by atoms with E-state index in [4.69, 9.17) is 0 Å². The molecule has 28 heavy (non-hydrogen) atoms. The number of nitrogens with one attached hydrogen (secondary N) is 1. The molecule has 1 aliphatic heterocycles. The number of sulfone groups is 1. The van der Waals surface area contributed by atoms with E-state index in [0.29, 0.717) is 12.1 Å². The summed E-state index contributed by atoms with van der Waals surface area (Å²) in [7, 11) is -3.33. The highest BCUT2D eigenvalue weighted by Crippen LogP contribution is 2.18. The Hall–Kier alpha value is -2.18. The third kappa shape index (κ3) is 5.66. The molecule has 0 saturated carbocycles. The van der Waals surface area contributed by atoms with Gasteiger partial charge < -0.3 is 5.32 Å². The molecular formula is C22H28N2O3S. The summed E-state index contributed by atoms with van der Waals surface area (Å²) in [6.45, 7) is 6.01. The first-order valence-electron chi connectivity index (χ1n) is 9.70. The van der Waals surface area contributed by atoms with Gasteiger partial charge in [0.25, 0.3) is 5.91 Å². The Morgan fingerprint density at radius 1 is 1.07 bits per heavy atom. The van der Waals surface area contributed by atoms with Crippen LogP contribution in [0.25, 0.3) is 0 Å². The van der Waals surface area contributed by atoms with E-state index < -0.39 is 9.84 Å². The zero-order chi connectivity index (χ0) is 20.1. The van der Waals surface area contributed by atoms with Crippen LogP contribution in [-0.2, 0) is 22.9 Å². The minimum absolute atomic E-state index is 0.150. The van der Waals surface area contributed by atoms with E-state index >= 15 is 0 Å². The van der Waals surface area contributed by atoms with E-state index in [0.717, 1.165) is 37.4 Å². The van der Waals surface area contributed by atoms with Crippen molar-refractivity contribution in [3.63, 3.8) is 0 Å². The molecule has 0 spiro atoms. The molecule has 6 heteroatoms. The van der Waals surface area contributed by atoms with Gasteiger partial charge in [-0.05, 0) is 61.2 Å². The van der Waals surface area contributed by atoms with Crippen LogP contribution in [-0.4, -0.2) is 38.6 Å². The summed E-state index contributed by atoms with van der Waals surface area (Å²) < 4.78 is 23.3. The van der Waals surface area contributed by atoms with Crippen LogP contribution in [0.15, 0.2) is 53.4 Å². The third-order valence-corrected chi connectivity index (χ3v) is 6.39. The van der Waals surface area contributed by atoms with E-state index in [-0.39, 0.29) is 10.8 Å². The van der Waals surface area contributed by atoms with Gasteiger partial charge in [0.05, 0.1) is 4.90 Å². The molecule has 0 aromatic heterocycles. The van der Waals surface area contributed by atoms with E-state index in [1.165, 1.54) is 30.5 Å². The average Bonchev–Trinajstić information content (AvgIpc) is 2.68. The number of piperidine rings is 1. The van der Waals surface area contributed by atoms with Crippen LogP contribution >= 0.6 is 0 Å².